The Morgan fingerprint density at radius 3 is 2.67 bits per heavy atom. The quantitative estimate of drug-likeness (QED) is 0.855. The second kappa shape index (κ2) is 7.95. The van der Waals surface area contributed by atoms with E-state index in [1.54, 1.807) is 7.05 Å². The molecule has 2 atom stereocenters. The van der Waals surface area contributed by atoms with E-state index in [9.17, 15) is 8.42 Å². The molecule has 24 heavy (non-hydrogen) atoms. The van der Waals surface area contributed by atoms with Crippen LogP contribution in [0.3, 0.4) is 0 Å². The second-order valence-electron chi connectivity index (χ2n) is 7.10. The molecule has 2 fully saturated rings. The van der Waals surface area contributed by atoms with E-state index >= 15 is 0 Å². The predicted octanol–water partition coefficient (Wildman–Crippen LogP) is 2.22. The number of nitrogens with one attached hydrogen (secondary N) is 1. The lowest BCUT2D eigenvalue weighted by Crippen LogP contribution is -2.51. The minimum Gasteiger partial charge on any atom is -0.300 e. The minimum absolute atomic E-state index is 0.399. The van der Waals surface area contributed by atoms with Gasteiger partial charge in [0.1, 0.15) is 0 Å². The van der Waals surface area contributed by atoms with E-state index in [4.69, 9.17) is 0 Å². The summed E-state index contributed by atoms with van der Waals surface area (Å²) in [5.41, 5.74) is 1.00. The largest absolute Gasteiger partial charge is 0.300 e. The summed E-state index contributed by atoms with van der Waals surface area (Å²) in [6, 6.07) is 10.3. The molecule has 3 rings (SSSR count). The molecule has 0 bridgehead atoms. The van der Waals surface area contributed by atoms with E-state index in [2.05, 4.69) is 9.62 Å². The molecule has 2 aliphatic heterocycles. The predicted molar refractivity (Wildman–Crippen MR) is 96.8 cm³/mol. The van der Waals surface area contributed by atoms with Gasteiger partial charge in [-0.25, -0.2) is 4.72 Å². The van der Waals surface area contributed by atoms with E-state index in [0.717, 1.165) is 12.0 Å². The number of hydrogen-bond acceptors (Lipinski definition) is 3. The fraction of sp³-hybridized carbons (Fsp3) is 0.667. The Kier molecular flexibility index (Phi) is 5.92. The maximum Gasteiger partial charge on any atom is 0.279 e. The van der Waals surface area contributed by atoms with Crippen LogP contribution in [0, 0.1) is 5.92 Å². The lowest BCUT2D eigenvalue weighted by Gasteiger charge is -2.44. The van der Waals surface area contributed by atoms with Gasteiger partial charge in [-0.05, 0) is 50.3 Å². The Morgan fingerprint density at radius 2 is 1.88 bits per heavy atom. The van der Waals surface area contributed by atoms with Gasteiger partial charge in [0.2, 0.25) is 0 Å². The van der Waals surface area contributed by atoms with Crippen LogP contribution in [-0.2, 0) is 16.8 Å². The van der Waals surface area contributed by atoms with Crippen molar-refractivity contribution in [2.24, 2.45) is 5.92 Å². The molecule has 0 spiro atoms. The monoisotopic (exact) mass is 351 g/mol. The van der Waals surface area contributed by atoms with Crippen molar-refractivity contribution in [2.45, 2.75) is 44.7 Å². The van der Waals surface area contributed by atoms with Gasteiger partial charge in [-0.3, -0.25) is 0 Å². The van der Waals surface area contributed by atoms with Gasteiger partial charge in [0.15, 0.2) is 0 Å². The third kappa shape index (κ3) is 4.36. The highest BCUT2D eigenvalue weighted by molar-refractivity contribution is 7.87. The molecule has 1 N–H and O–H groups in total. The highest BCUT2D eigenvalue weighted by atomic mass is 32.2. The Balaban J connectivity index is 1.56. The summed E-state index contributed by atoms with van der Waals surface area (Å²) in [5.74, 6) is 0.443. The van der Waals surface area contributed by atoms with Crippen LogP contribution in [0.1, 0.15) is 37.7 Å². The molecular weight excluding hydrogens is 322 g/mol. The summed E-state index contributed by atoms with van der Waals surface area (Å²) in [7, 11) is -1.79. The van der Waals surface area contributed by atoms with E-state index in [1.807, 2.05) is 30.3 Å². The maximum absolute atomic E-state index is 12.5. The van der Waals surface area contributed by atoms with E-state index in [-0.39, 0.29) is 0 Å². The highest BCUT2D eigenvalue weighted by Gasteiger charge is 2.33. The molecule has 2 aliphatic rings. The second-order valence-corrected chi connectivity index (χ2v) is 8.96. The first-order valence-electron chi connectivity index (χ1n) is 9.05. The molecule has 6 heteroatoms. The van der Waals surface area contributed by atoms with Crippen molar-refractivity contribution < 1.29 is 8.42 Å². The molecule has 0 unspecified atom stereocenters. The van der Waals surface area contributed by atoms with Gasteiger partial charge >= 0.3 is 0 Å². The molecule has 0 radical (unpaired) electrons. The molecule has 0 amide bonds. The van der Waals surface area contributed by atoms with Gasteiger partial charge in [-0.1, -0.05) is 36.8 Å². The average Bonchev–Trinajstić information content (AvgIpc) is 2.61. The highest BCUT2D eigenvalue weighted by Crippen LogP contribution is 2.30. The number of fused-ring (bicyclic) bond motifs is 1. The van der Waals surface area contributed by atoms with Crippen molar-refractivity contribution in [3.63, 3.8) is 0 Å². The van der Waals surface area contributed by atoms with Crippen molar-refractivity contribution in [2.75, 3.05) is 26.7 Å². The topological polar surface area (TPSA) is 52.7 Å². The van der Waals surface area contributed by atoms with Crippen molar-refractivity contribution in [3.05, 3.63) is 35.9 Å². The summed E-state index contributed by atoms with van der Waals surface area (Å²) >= 11 is 0. The summed E-state index contributed by atoms with van der Waals surface area (Å²) < 4.78 is 29.3. The van der Waals surface area contributed by atoms with E-state index in [0.29, 0.717) is 25.0 Å². The van der Waals surface area contributed by atoms with Gasteiger partial charge in [-0.15, -0.1) is 0 Å². The Morgan fingerprint density at radius 1 is 1.12 bits per heavy atom. The average molecular weight is 352 g/mol. The molecule has 0 saturated carbocycles. The van der Waals surface area contributed by atoms with Gasteiger partial charge in [0.25, 0.3) is 10.2 Å². The minimum atomic E-state index is -3.43. The maximum atomic E-state index is 12.5. The molecule has 2 heterocycles. The zero-order valence-electron chi connectivity index (χ0n) is 14.5. The number of hydrogen-bond donors (Lipinski definition) is 1. The fourth-order valence-electron chi connectivity index (χ4n) is 4.06. The lowest BCUT2D eigenvalue weighted by molar-refractivity contribution is 0.0615. The number of piperidine rings is 2. The van der Waals surface area contributed by atoms with Gasteiger partial charge in [0.05, 0.1) is 0 Å². The zero-order valence-corrected chi connectivity index (χ0v) is 15.3. The first-order valence-corrected chi connectivity index (χ1v) is 10.5. The zero-order chi connectivity index (χ0) is 17.0. The lowest BCUT2D eigenvalue weighted by atomic mass is 9.84. The molecule has 2 saturated heterocycles. The normalized spacial score (nSPS) is 25.6. The summed E-state index contributed by atoms with van der Waals surface area (Å²) in [4.78, 5) is 2.57. The van der Waals surface area contributed by atoms with Crippen molar-refractivity contribution in [1.29, 1.82) is 0 Å². The van der Waals surface area contributed by atoms with Crippen LogP contribution in [0.2, 0.25) is 0 Å². The van der Waals surface area contributed by atoms with Crippen LogP contribution in [0.15, 0.2) is 30.3 Å². The SMILES string of the molecule is CN(Cc1ccccc1)S(=O)(=O)NC[C@@H]1CCCN2CCCC[C@H]12. The van der Waals surface area contributed by atoms with Crippen molar-refractivity contribution >= 4 is 10.2 Å². The fourth-order valence-corrected chi connectivity index (χ4v) is 5.03. The number of nitrogens with zero attached hydrogens (tertiary/aromatic N) is 2. The standard InChI is InChI=1S/C18H29N3O2S/c1-20(15-16-8-3-2-4-9-16)24(22,23)19-14-17-10-7-13-21-12-6-5-11-18(17)21/h2-4,8-9,17-19H,5-7,10-15H2,1H3/t17-,18+/m0/s1. The van der Waals surface area contributed by atoms with Crippen molar-refractivity contribution in [3.8, 4) is 0 Å². The molecule has 1 aromatic rings. The Hall–Kier alpha value is -0.950. The number of benzene rings is 1. The van der Waals surface area contributed by atoms with E-state index in [1.165, 1.54) is 43.1 Å². The van der Waals surface area contributed by atoms with Gasteiger partial charge in [-0.2, -0.15) is 12.7 Å². The first kappa shape index (κ1) is 17.9. The summed E-state index contributed by atoms with van der Waals surface area (Å²) in [5, 5.41) is 0. The third-order valence-corrected chi connectivity index (χ3v) is 6.90. The first-order chi connectivity index (χ1) is 11.6. The van der Waals surface area contributed by atoms with Crippen LogP contribution >= 0.6 is 0 Å². The summed E-state index contributed by atoms with van der Waals surface area (Å²) in [6.45, 7) is 3.32. The molecule has 134 valence electrons. The Labute approximate surface area is 146 Å². The van der Waals surface area contributed by atoms with Crippen LogP contribution in [0.5, 0.6) is 0 Å². The van der Waals surface area contributed by atoms with Gasteiger partial charge in [0, 0.05) is 26.2 Å². The van der Waals surface area contributed by atoms with Crippen LogP contribution in [-0.4, -0.2) is 50.3 Å². The van der Waals surface area contributed by atoms with Crippen LogP contribution in [0.4, 0.5) is 0 Å². The molecule has 0 aliphatic carbocycles. The third-order valence-electron chi connectivity index (χ3n) is 5.41. The molecular formula is C18H29N3O2S. The smallest absolute Gasteiger partial charge is 0.279 e. The number of rotatable bonds is 6. The van der Waals surface area contributed by atoms with E-state index < -0.39 is 10.2 Å². The van der Waals surface area contributed by atoms with Gasteiger partial charge < -0.3 is 4.90 Å². The molecule has 1 aromatic carbocycles. The van der Waals surface area contributed by atoms with Crippen LogP contribution < -0.4 is 4.72 Å². The Bertz CT molecular complexity index is 618. The van der Waals surface area contributed by atoms with Crippen LogP contribution in [0.25, 0.3) is 0 Å². The van der Waals surface area contributed by atoms with Crippen molar-refractivity contribution in [1.82, 2.24) is 13.9 Å². The summed E-state index contributed by atoms with van der Waals surface area (Å²) in [6.07, 6.45) is 6.09. The molecule has 5 nitrogen and oxygen atoms in total. The molecule has 0 aromatic heterocycles.